The Hall–Kier alpha value is -3.64. The van der Waals surface area contributed by atoms with Gasteiger partial charge in [0, 0.05) is 37.4 Å². The molecule has 1 N–H and O–H groups in total. The van der Waals surface area contributed by atoms with E-state index in [0.717, 1.165) is 23.2 Å². The summed E-state index contributed by atoms with van der Waals surface area (Å²) >= 11 is 0. The fourth-order valence-electron chi connectivity index (χ4n) is 4.09. The molecule has 1 saturated heterocycles. The molecule has 2 amide bonds. The Kier molecular flexibility index (Phi) is 7.94. The molecule has 0 bridgehead atoms. The monoisotopic (exact) mass is 457 g/mol. The zero-order valence-corrected chi connectivity index (χ0v) is 19.6. The summed E-state index contributed by atoms with van der Waals surface area (Å²) in [6, 6.07) is 25.2. The molecular weight excluding hydrogens is 426 g/mol. The zero-order valence-electron chi connectivity index (χ0n) is 19.6. The standard InChI is InChI=1S/C28H31N3O3/c1-2-23-11-6-7-14-26(23)29-27(32)20-30-15-17-31(18-16-30)28(33)24-12-8-13-25(19-24)34-21-22-9-4-3-5-10-22/h3-14,19H,2,15-18,20-21H2,1H3,(H,29,32). The van der Waals surface area contributed by atoms with E-state index in [9.17, 15) is 9.59 Å². The van der Waals surface area contributed by atoms with Gasteiger partial charge in [0.05, 0.1) is 6.54 Å². The summed E-state index contributed by atoms with van der Waals surface area (Å²) in [6.07, 6.45) is 0.871. The van der Waals surface area contributed by atoms with Crippen LogP contribution in [0.4, 0.5) is 5.69 Å². The highest BCUT2D eigenvalue weighted by atomic mass is 16.5. The van der Waals surface area contributed by atoms with E-state index in [1.54, 1.807) is 6.07 Å². The highest BCUT2D eigenvalue weighted by molar-refractivity contribution is 5.95. The molecule has 0 unspecified atom stereocenters. The predicted molar refractivity (Wildman–Crippen MR) is 134 cm³/mol. The number of benzene rings is 3. The third-order valence-electron chi connectivity index (χ3n) is 6.03. The van der Waals surface area contributed by atoms with Gasteiger partial charge in [-0.15, -0.1) is 0 Å². The van der Waals surface area contributed by atoms with Crippen LogP contribution in [0.15, 0.2) is 78.9 Å². The quantitative estimate of drug-likeness (QED) is 0.550. The summed E-state index contributed by atoms with van der Waals surface area (Å²) in [5.74, 6) is 0.646. The number of hydrogen-bond acceptors (Lipinski definition) is 4. The number of hydrogen-bond donors (Lipinski definition) is 1. The van der Waals surface area contributed by atoms with Gasteiger partial charge in [-0.05, 0) is 41.8 Å². The number of carbonyl (C=O) groups is 2. The van der Waals surface area contributed by atoms with Crippen LogP contribution in [0, 0.1) is 0 Å². The van der Waals surface area contributed by atoms with E-state index in [4.69, 9.17) is 4.74 Å². The fourth-order valence-corrected chi connectivity index (χ4v) is 4.09. The molecule has 1 aliphatic rings. The second-order valence-corrected chi connectivity index (χ2v) is 8.43. The van der Waals surface area contributed by atoms with Crippen molar-refractivity contribution in [3.8, 4) is 5.75 Å². The van der Waals surface area contributed by atoms with Crippen LogP contribution in [-0.4, -0.2) is 54.3 Å². The Balaban J connectivity index is 1.27. The van der Waals surface area contributed by atoms with Crippen molar-refractivity contribution in [3.63, 3.8) is 0 Å². The molecule has 3 aromatic carbocycles. The number of piperazine rings is 1. The first-order valence-electron chi connectivity index (χ1n) is 11.8. The summed E-state index contributed by atoms with van der Waals surface area (Å²) < 4.78 is 5.87. The average Bonchev–Trinajstić information content (AvgIpc) is 2.88. The first kappa shape index (κ1) is 23.5. The number of para-hydroxylation sites is 1. The highest BCUT2D eigenvalue weighted by Gasteiger charge is 2.23. The first-order valence-corrected chi connectivity index (χ1v) is 11.8. The van der Waals surface area contributed by atoms with Crippen LogP contribution in [0.1, 0.15) is 28.4 Å². The van der Waals surface area contributed by atoms with Crippen molar-refractivity contribution in [3.05, 3.63) is 95.6 Å². The van der Waals surface area contributed by atoms with Gasteiger partial charge >= 0.3 is 0 Å². The zero-order chi connectivity index (χ0) is 23.8. The maximum atomic E-state index is 13.0. The topological polar surface area (TPSA) is 61.9 Å². The minimum Gasteiger partial charge on any atom is -0.489 e. The SMILES string of the molecule is CCc1ccccc1NC(=O)CN1CCN(C(=O)c2cccc(OCc3ccccc3)c2)CC1. The second-order valence-electron chi connectivity index (χ2n) is 8.43. The molecule has 6 nitrogen and oxygen atoms in total. The van der Waals surface area contributed by atoms with Crippen molar-refractivity contribution in [1.29, 1.82) is 0 Å². The summed E-state index contributed by atoms with van der Waals surface area (Å²) in [5, 5.41) is 3.02. The predicted octanol–water partition coefficient (Wildman–Crippen LogP) is 4.22. The Morgan fingerprint density at radius 2 is 1.62 bits per heavy atom. The molecule has 0 atom stereocenters. The van der Waals surface area contributed by atoms with Gasteiger partial charge < -0.3 is 15.0 Å². The molecule has 0 saturated carbocycles. The van der Waals surface area contributed by atoms with E-state index in [1.807, 2.05) is 77.7 Å². The molecule has 0 aliphatic carbocycles. The molecule has 6 heteroatoms. The third-order valence-corrected chi connectivity index (χ3v) is 6.03. The summed E-state index contributed by atoms with van der Waals surface area (Å²) in [5.41, 5.74) is 3.70. The lowest BCUT2D eigenvalue weighted by Crippen LogP contribution is -2.50. The van der Waals surface area contributed by atoms with Crippen LogP contribution in [0.3, 0.4) is 0 Å². The van der Waals surface area contributed by atoms with Gasteiger partial charge in [0.15, 0.2) is 0 Å². The smallest absolute Gasteiger partial charge is 0.254 e. The summed E-state index contributed by atoms with van der Waals surface area (Å²) in [6.45, 7) is 5.37. The molecule has 1 fully saturated rings. The van der Waals surface area contributed by atoms with E-state index in [0.29, 0.717) is 50.6 Å². The van der Waals surface area contributed by atoms with E-state index in [-0.39, 0.29) is 11.8 Å². The summed E-state index contributed by atoms with van der Waals surface area (Å²) in [4.78, 5) is 29.5. The van der Waals surface area contributed by atoms with Gasteiger partial charge in [0.2, 0.25) is 5.91 Å². The lowest BCUT2D eigenvalue weighted by Gasteiger charge is -2.34. The van der Waals surface area contributed by atoms with E-state index < -0.39 is 0 Å². The number of anilines is 1. The average molecular weight is 458 g/mol. The van der Waals surface area contributed by atoms with Crippen LogP contribution < -0.4 is 10.1 Å². The molecule has 4 rings (SSSR count). The van der Waals surface area contributed by atoms with Gasteiger partial charge in [-0.2, -0.15) is 0 Å². The van der Waals surface area contributed by atoms with E-state index >= 15 is 0 Å². The Morgan fingerprint density at radius 1 is 0.882 bits per heavy atom. The number of nitrogens with one attached hydrogen (secondary N) is 1. The van der Waals surface area contributed by atoms with Crippen LogP contribution in [0.2, 0.25) is 0 Å². The van der Waals surface area contributed by atoms with Gasteiger partial charge in [0.1, 0.15) is 12.4 Å². The van der Waals surface area contributed by atoms with Gasteiger partial charge in [-0.3, -0.25) is 14.5 Å². The number of amides is 2. The van der Waals surface area contributed by atoms with Crippen molar-refractivity contribution in [2.75, 3.05) is 38.0 Å². The van der Waals surface area contributed by atoms with Crippen LogP contribution in [0.5, 0.6) is 5.75 Å². The minimum atomic E-state index is -0.0241. The normalized spacial score (nSPS) is 14.0. The Bertz CT molecular complexity index is 1110. The van der Waals surface area contributed by atoms with Crippen LogP contribution >= 0.6 is 0 Å². The van der Waals surface area contributed by atoms with E-state index in [2.05, 4.69) is 17.1 Å². The minimum absolute atomic E-state index is 0.00821. The number of aryl methyl sites for hydroxylation is 1. The molecule has 0 aromatic heterocycles. The molecule has 0 spiro atoms. The lowest BCUT2D eigenvalue weighted by molar-refractivity contribution is -0.117. The van der Waals surface area contributed by atoms with Crippen molar-refractivity contribution in [2.24, 2.45) is 0 Å². The van der Waals surface area contributed by atoms with Crippen molar-refractivity contribution in [1.82, 2.24) is 9.80 Å². The Labute approximate surface area is 201 Å². The number of ether oxygens (including phenoxy) is 1. The number of carbonyl (C=O) groups excluding carboxylic acids is 2. The molecule has 34 heavy (non-hydrogen) atoms. The molecule has 3 aromatic rings. The number of nitrogens with zero attached hydrogens (tertiary/aromatic N) is 2. The van der Waals surface area contributed by atoms with Crippen LogP contribution in [-0.2, 0) is 17.8 Å². The van der Waals surface area contributed by atoms with E-state index in [1.165, 1.54) is 0 Å². The Morgan fingerprint density at radius 3 is 2.38 bits per heavy atom. The molecule has 0 radical (unpaired) electrons. The molecule has 1 aliphatic heterocycles. The van der Waals surface area contributed by atoms with Crippen LogP contribution in [0.25, 0.3) is 0 Å². The fraction of sp³-hybridized carbons (Fsp3) is 0.286. The van der Waals surface area contributed by atoms with Crippen molar-refractivity contribution in [2.45, 2.75) is 20.0 Å². The largest absolute Gasteiger partial charge is 0.489 e. The maximum Gasteiger partial charge on any atom is 0.254 e. The second kappa shape index (κ2) is 11.5. The van der Waals surface area contributed by atoms with Gasteiger partial charge in [-0.1, -0.05) is 61.5 Å². The van der Waals surface area contributed by atoms with Crippen molar-refractivity contribution >= 4 is 17.5 Å². The van der Waals surface area contributed by atoms with Gasteiger partial charge in [-0.25, -0.2) is 0 Å². The summed E-state index contributed by atoms with van der Waals surface area (Å²) in [7, 11) is 0. The van der Waals surface area contributed by atoms with Crippen molar-refractivity contribution < 1.29 is 14.3 Å². The number of rotatable bonds is 8. The third kappa shape index (κ3) is 6.23. The maximum absolute atomic E-state index is 13.0. The first-order chi connectivity index (χ1) is 16.6. The van der Waals surface area contributed by atoms with Gasteiger partial charge in [0.25, 0.3) is 5.91 Å². The highest BCUT2D eigenvalue weighted by Crippen LogP contribution is 2.18. The molecule has 176 valence electrons. The molecule has 1 heterocycles. The molecular formula is C28H31N3O3. The lowest BCUT2D eigenvalue weighted by atomic mass is 10.1.